The third-order valence-electron chi connectivity index (χ3n) is 2.75. The zero-order valence-corrected chi connectivity index (χ0v) is 10.6. The van der Waals surface area contributed by atoms with Crippen LogP contribution in [0, 0.1) is 6.92 Å². The van der Waals surface area contributed by atoms with Gasteiger partial charge in [-0.05, 0) is 18.9 Å². The van der Waals surface area contributed by atoms with Crippen LogP contribution in [0.25, 0.3) is 0 Å². The van der Waals surface area contributed by atoms with E-state index >= 15 is 0 Å². The molecule has 1 aromatic carbocycles. The fourth-order valence-corrected chi connectivity index (χ4v) is 1.71. The molecule has 2 rings (SSSR count). The number of hydrogen-bond donors (Lipinski definition) is 3. The highest BCUT2D eigenvalue weighted by atomic mass is 16.3. The van der Waals surface area contributed by atoms with E-state index in [9.17, 15) is 9.90 Å². The van der Waals surface area contributed by atoms with Crippen LogP contribution in [0.15, 0.2) is 35.1 Å². The molecule has 0 amide bonds. The third-order valence-corrected chi connectivity index (χ3v) is 2.75. The third kappa shape index (κ3) is 3.62. The van der Waals surface area contributed by atoms with Gasteiger partial charge in [-0.1, -0.05) is 30.3 Å². The van der Waals surface area contributed by atoms with Gasteiger partial charge in [0, 0.05) is 0 Å². The van der Waals surface area contributed by atoms with Crippen LogP contribution in [0.1, 0.15) is 11.3 Å². The molecule has 0 aliphatic rings. The summed E-state index contributed by atoms with van der Waals surface area (Å²) in [4.78, 5) is 14.0. The number of aromatic nitrogens is 3. The molecule has 1 heterocycles. The molecule has 0 aliphatic heterocycles. The number of H-pyrrole nitrogens is 1. The first-order valence-electron chi connectivity index (χ1n) is 6.04. The number of aromatic amines is 1. The number of nitrogens with zero attached hydrogens (tertiary/aromatic N) is 2. The lowest BCUT2D eigenvalue weighted by Crippen LogP contribution is -2.29. The van der Waals surface area contributed by atoms with Gasteiger partial charge in [-0.15, -0.1) is 10.2 Å². The average molecular weight is 260 g/mol. The van der Waals surface area contributed by atoms with Gasteiger partial charge in [0.15, 0.2) is 0 Å². The number of rotatable bonds is 5. The van der Waals surface area contributed by atoms with Crippen molar-refractivity contribution >= 4 is 5.95 Å². The van der Waals surface area contributed by atoms with Gasteiger partial charge in [0.05, 0.1) is 12.6 Å². The monoisotopic (exact) mass is 260 g/mol. The van der Waals surface area contributed by atoms with Crippen molar-refractivity contribution in [3.8, 4) is 0 Å². The normalized spacial score (nSPS) is 12.1. The number of hydrogen-bond acceptors (Lipinski definition) is 5. The fraction of sp³-hybridized carbons (Fsp3) is 0.308. The Hall–Kier alpha value is -2.21. The summed E-state index contributed by atoms with van der Waals surface area (Å²) < 4.78 is 0. The Morgan fingerprint density at radius 3 is 2.68 bits per heavy atom. The van der Waals surface area contributed by atoms with Crippen LogP contribution in [0.4, 0.5) is 5.95 Å². The first-order valence-corrected chi connectivity index (χ1v) is 6.04. The second kappa shape index (κ2) is 6.10. The number of nitrogens with one attached hydrogen (secondary N) is 2. The first kappa shape index (κ1) is 13.2. The summed E-state index contributed by atoms with van der Waals surface area (Å²) in [5, 5.41) is 19.9. The van der Waals surface area contributed by atoms with Crippen LogP contribution in [0.5, 0.6) is 0 Å². The van der Waals surface area contributed by atoms with Crippen molar-refractivity contribution in [3.05, 3.63) is 51.9 Å². The summed E-state index contributed by atoms with van der Waals surface area (Å²) in [5.41, 5.74) is 1.12. The number of anilines is 1. The van der Waals surface area contributed by atoms with Crippen LogP contribution in [0.3, 0.4) is 0 Å². The highest BCUT2D eigenvalue weighted by Gasteiger charge is 2.10. The Morgan fingerprint density at radius 1 is 1.32 bits per heavy atom. The molecular weight excluding hydrogens is 244 g/mol. The minimum atomic E-state index is -0.283. The van der Waals surface area contributed by atoms with E-state index in [0.29, 0.717) is 12.1 Å². The first-order chi connectivity index (χ1) is 9.19. The van der Waals surface area contributed by atoms with Gasteiger partial charge in [-0.3, -0.25) is 9.78 Å². The molecule has 0 saturated heterocycles. The van der Waals surface area contributed by atoms with Gasteiger partial charge in [0.2, 0.25) is 5.95 Å². The van der Waals surface area contributed by atoms with Crippen molar-refractivity contribution in [3.63, 3.8) is 0 Å². The summed E-state index contributed by atoms with van der Waals surface area (Å²) >= 11 is 0. The minimum Gasteiger partial charge on any atom is -0.394 e. The largest absolute Gasteiger partial charge is 0.394 e. The van der Waals surface area contributed by atoms with Crippen LogP contribution in [0.2, 0.25) is 0 Å². The maximum Gasteiger partial charge on any atom is 0.273 e. The van der Waals surface area contributed by atoms with Crippen LogP contribution >= 0.6 is 0 Å². The van der Waals surface area contributed by atoms with Gasteiger partial charge < -0.3 is 10.4 Å². The Kier molecular flexibility index (Phi) is 4.25. The Balaban J connectivity index is 2.06. The van der Waals surface area contributed by atoms with Gasteiger partial charge >= 0.3 is 0 Å². The number of aliphatic hydroxyl groups is 1. The topological polar surface area (TPSA) is 90.9 Å². The van der Waals surface area contributed by atoms with Gasteiger partial charge in [-0.25, -0.2) is 0 Å². The molecule has 0 aliphatic carbocycles. The van der Waals surface area contributed by atoms with E-state index < -0.39 is 0 Å². The van der Waals surface area contributed by atoms with Gasteiger partial charge in [0.1, 0.15) is 5.69 Å². The van der Waals surface area contributed by atoms with E-state index in [4.69, 9.17) is 0 Å². The molecule has 6 nitrogen and oxygen atoms in total. The van der Waals surface area contributed by atoms with Crippen molar-refractivity contribution in [2.45, 2.75) is 19.4 Å². The van der Waals surface area contributed by atoms with Crippen LogP contribution in [-0.2, 0) is 6.42 Å². The van der Waals surface area contributed by atoms with E-state index in [1.807, 2.05) is 30.3 Å². The maximum absolute atomic E-state index is 11.4. The van der Waals surface area contributed by atoms with E-state index in [-0.39, 0.29) is 24.2 Å². The molecule has 1 atom stereocenters. The van der Waals surface area contributed by atoms with Crippen molar-refractivity contribution in [1.82, 2.24) is 15.2 Å². The lowest BCUT2D eigenvalue weighted by atomic mass is 10.1. The summed E-state index contributed by atoms with van der Waals surface area (Å²) in [6.07, 6.45) is 0.634. The summed E-state index contributed by atoms with van der Waals surface area (Å²) in [6, 6.07) is 9.56. The smallest absolute Gasteiger partial charge is 0.273 e. The lowest BCUT2D eigenvalue weighted by molar-refractivity contribution is 0.273. The van der Waals surface area contributed by atoms with Crippen LogP contribution in [-0.4, -0.2) is 32.9 Å². The van der Waals surface area contributed by atoms with Crippen LogP contribution < -0.4 is 10.9 Å². The fourth-order valence-electron chi connectivity index (χ4n) is 1.71. The number of benzene rings is 1. The van der Waals surface area contributed by atoms with E-state index in [2.05, 4.69) is 20.5 Å². The van der Waals surface area contributed by atoms with E-state index in [1.54, 1.807) is 6.92 Å². The zero-order chi connectivity index (χ0) is 13.7. The Bertz CT molecular complexity index is 583. The molecule has 6 heteroatoms. The summed E-state index contributed by atoms with van der Waals surface area (Å²) in [7, 11) is 0. The van der Waals surface area contributed by atoms with Crippen molar-refractivity contribution in [2.75, 3.05) is 11.9 Å². The Labute approximate surface area is 110 Å². The average Bonchev–Trinajstić information content (AvgIpc) is 2.43. The summed E-state index contributed by atoms with van der Waals surface area (Å²) in [5.74, 6) is 0.269. The standard InChI is InChI=1S/C13H16N4O2/c1-9-12(19)15-13(17-16-9)14-11(8-18)7-10-5-3-2-4-6-10/h2-6,11,18H,7-8H2,1H3,(H2,14,15,17,19)/t11-/m1/s1. The molecule has 100 valence electrons. The Morgan fingerprint density at radius 2 is 2.05 bits per heavy atom. The SMILES string of the molecule is Cc1nnc(N[C@@H](CO)Cc2ccccc2)[nH]c1=O. The lowest BCUT2D eigenvalue weighted by Gasteiger charge is -2.16. The molecule has 2 aromatic rings. The zero-order valence-electron chi connectivity index (χ0n) is 10.6. The molecule has 0 bridgehead atoms. The molecule has 0 spiro atoms. The highest BCUT2D eigenvalue weighted by Crippen LogP contribution is 2.06. The number of aryl methyl sites for hydroxylation is 1. The van der Waals surface area contributed by atoms with Crippen molar-refractivity contribution in [1.29, 1.82) is 0 Å². The predicted octanol–water partition coefficient (Wildman–Crippen LogP) is 0.489. The second-order valence-corrected chi connectivity index (χ2v) is 4.30. The molecule has 0 unspecified atom stereocenters. The molecule has 0 radical (unpaired) electrons. The molecule has 3 N–H and O–H groups in total. The molecule has 19 heavy (non-hydrogen) atoms. The quantitative estimate of drug-likeness (QED) is 0.727. The van der Waals surface area contributed by atoms with Gasteiger partial charge in [0.25, 0.3) is 5.56 Å². The highest BCUT2D eigenvalue weighted by molar-refractivity contribution is 5.26. The van der Waals surface area contributed by atoms with Gasteiger partial charge in [-0.2, -0.15) is 0 Å². The van der Waals surface area contributed by atoms with E-state index in [1.165, 1.54) is 0 Å². The maximum atomic E-state index is 11.4. The molecule has 1 aromatic heterocycles. The molecule has 0 saturated carbocycles. The van der Waals surface area contributed by atoms with Crippen molar-refractivity contribution in [2.24, 2.45) is 0 Å². The second-order valence-electron chi connectivity index (χ2n) is 4.30. The molecular formula is C13H16N4O2. The summed E-state index contributed by atoms with van der Waals surface area (Å²) in [6.45, 7) is 1.52. The molecule has 0 fully saturated rings. The number of aliphatic hydroxyl groups excluding tert-OH is 1. The van der Waals surface area contributed by atoms with Crippen molar-refractivity contribution < 1.29 is 5.11 Å². The predicted molar refractivity (Wildman–Crippen MR) is 72.0 cm³/mol. The van der Waals surface area contributed by atoms with E-state index in [0.717, 1.165) is 5.56 Å². The minimum absolute atomic E-state index is 0.0630.